The van der Waals surface area contributed by atoms with E-state index in [1.807, 2.05) is 67.7 Å². The molecule has 3 aromatic rings. The van der Waals surface area contributed by atoms with Crippen molar-refractivity contribution in [3.63, 3.8) is 0 Å². The molecule has 0 bridgehead atoms. The minimum absolute atomic E-state index is 0.217. The molecule has 0 saturated carbocycles. The van der Waals surface area contributed by atoms with Crippen molar-refractivity contribution in [3.8, 4) is 11.3 Å². The summed E-state index contributed by atoms with van der Waals surface area (Å²) in [5.41, 5.74) is 9.60. The number of urea groups is 1. The number of carbonyl (C=O) groups excluding carboxylic acids is 3. The van der Waals surface area contributed by atoms with Crippen LogP contribution in [0.4, 0.5) is 4.79 Å². The van der Waals surface area contributed by atoms with E-state index in [1.165, 1.54) is 6.92 Å². The fourth-order valence-electron chi connectivity index (χ4n) is 2.96. The number of nitrogens with two attached hydrogens (primary N) is 1. The van der Waals surface area contributed by atoms with E-state index in [-0.39, 0.29) is 5.56 Å². The lowest BCUT2D eigenvalue weighted by molar-refractivity contribution is -0.127. The van der Waals surface area contributed by atoms with Crippen LogP contribution in [0.3, 0.4) is 0 Å². The molecule has 2 aromatic carbocycles. The van der Waals surface area contributed by atoms with E-state index in [0.29, 0.717) is 12.2 Å². The van der Waals surface area contributed by atoms with Crippen LogP contribution in [0.15, 0.2) is 54.7 Å². The number of hydrogen-bond donors (Lipinski definition) is 2. The topological polar surface area (TPSA) is 116 Å². The van der Waals surface area contributed by atoms with E-state index in [2.05, 4.69) is 5.10 Å². The molecule has 0 unspecified atom stereocenters. The predicted molar refractivity (Wildman–Crippen MR) is 115 cm³/mol. The molecule has 0 aliphatic rings. The van der Waals surface area contributed by atoms with Gasteiger partial charge in [-0.3, -0.25) is 14.8 Å². The zero-order chi connectivity index (χ0) is 22.5. The van der Waals surface area contributed by atoms with Gasteiger partial charge in [-0.2, -0.15) is 5.10 Å². The number of primary amides is 1. The maximum Gasteiger partial charge on any atom is 0.342 e. The molecule has 1 heterocycles. The fraction of sp³-hybridized carbons (Fsp3) is 0.217. The highest BCUT2D eigenvalue weighted by atomic mass is 16.5. The third kappa shape index (κ3) is 5.57. The van der Waals surface area contributed by atoms with Crippen molar-refractivity contribution in [2.75, 3.05) is 0 Å². The summed E-state index contributed by atoms with van der Waals surface area (Å²) in [6.45, 7) is 5.80. The second-order valence-corrected chi connectivity index (χ2v) is 7.34. The van der Waals surface area contributed by atoms with Crippen molar-refractivity contribution in [2.45, 2.75) is 33.4 Å². The van der Waals surface area contributed by atoms with Crippen LogP contribution in [-0.4, -0.2) is 33.8 Å². The Kier molecular flexibility index (Phi) is 6.49. The van der Waals surface area contributed by atoms with Crippen molar-refractivity contribution in [3.05, 3.63) is 77.0 Å². The Bertz CT molecular complexity index is 1100. The number of rotatable bonds is 6. The number of nitrogens with zero attached hydrogens (tertiary/aromatic N) is 2. The Hall–Kier alpha value is -3.94. The molecule has 8 nitrogen and oxygen atoms in total. The first-order valence-corrected chi connectivity index (χ1v) is 9.74. The quantitative estimate of drug-likeness (QED) is 0.595. The zero-order valence-corrected chi connectivity index (χ0v) is 17.6. The van der Waals surface area contributed by atoms with Crippen molar-refractivity contribution >= 4 is 17.9 Å². The molecular formula is C23H24N4O4. The van der Waals surface area contributed by atoms with Crippen LogP contribution < -0.4 is 11.1 Å². The first-order chi connectivity index (χ1) is 14.7. The standard InChI is InChI=1S/C23H24N4O4/c1-14-4-8-17(9-5-14)12-27-13-19(20(26-27)18-10-6-15(2)7-11-18)22(29)31-16(3)21(28)25-23(24)30/h4-11,13,16H,12H2,1-3H3,(H3,24,25,28,30)/t16-/m1/s1. The maximum absolute atomic E-state index is 12.8. The Morgan fingerprint density at radius 1 is 1.03 bits per heavy atom. The highest BCUT2D eigenvalue weighted by molar-refractivity contribution is 6.00. The molecule has 0 aliphatic heterocycles. The van der Waals surface area contributed by atoms with Gasteiger partial charge in [-0.25, -0.2) is 9.59 Å². The molecule has 1 atom stereocenters. The van der Waals surface area contributed by atoms with E-state index in [1.54, 1.807) is 10.9 Å². The van der Waals surface area contributed by atoms with Gasteiger partial charge < -0.3 is 10.5 Å². The molecule has 8 heteroatoms. The summed E-state index contributed by atoms with van der Waals surface area (Å²) in [4.78, 5) is 35.6. The van der Waals surface area contributed by atoms with Gasteiger partial charge >= 0.3 is 12.0 Å². The number of benzene rings is 2. The number of amides is 3. The maximum atomic E-state index is 12.8. The number of nitrogens with one attached hydrogen (secondary N) is 1. The number of esters is 1. The van der Waals surface area contributed by atoms with E-state index in [0.717, 1.165) is 22.3 Å². The molecule has 160 valence electrons. The number of imide groups is 1. The Morgan fingerprint density at radius 3 is 2.19 bits per heavy atom. The van der Waals surface area contributed by atoms with Crippen LogP contribution in [0.25, 0.3) is 11.3 Å². The number of carbonyl (C=O) groups is 3. The molecule has 3 N–H and O–H groups in total. The molecule has 0 spiro atoms. The van der Waals surface area contributed by atoms with Crippen LogP contribution >= 0.6 is 0 Å². The normalized spacial score (nSPS) is 11.6. The highest BCUT2D eigenvalue weighted by Gasteiger charge is 2.24. The highest BCUT2D eigenvalue weighted by Crippen LogP contribution is 2.24. The summed E-state index contributed by atoms with van der Waals surface area (Å²) in [6, 6.07) is 14.6. The molecular weight excluding hydrogens is 396 g/mol. The molecule has 0 saturated heterocycles. The SMILES string of the molecule is Cc1ccc(Cn2cc(C(=O)O[C@H](C)C(=O)NC(N)=O)c(-c3ccc(C)cc3)n2)cc1. The molecule has 0 fully saturated rings. The predicted octanol–water partition coefficient (Wildman–Crippen LogP) is 2.96. The second kappa shape index (κ2) is 9.25. The molecule has 1 aromatic heterocycles. The summed E-state index contributed by atoms with van der Waals surface area (Å²) in [5.74, 6) is -1.53. The van der Waals surface area contributed by atoms with Crippen molar-refractivity contribution in [1.29, 1.82) is 0 Å². The Balaban J connectivity index is 1.90. The average molecular weight is 420 g/mol. The summed E-state index contributed by atoms with van der Waals surface area (Å²) >= 11 is 0. The lowest BCUT2D eigenvalue weighted by Gasteiger charge is -2.11. The van der Waals surface area contributed by atoms with E-state index < -0.39 is 24.0 Å². The minimum atomic E-state index is -1.20. The zero-order valence-electron chi connectivity index (χ0n) is 17.6. The Morgan fingerprint density at radius 2 is 1.61 bits per heavy atom. The lowest BCUT2D eigenvalue weighted by Crippen LogP contribution is -2.42. The van der Waals surface area contributed by atoms with Gasteiger partial charge in [0.15, 0.2) is 6.10 Å². The third-order valence-electron chi connectivity index (χ3n) is 4.67. The van der Waals surface area contributed by atoms with Crippen LogP contribution in [0, 0.1) is 13.8 Å². The van der Waals surface area contributed by atoms with Crippen LogP contribution in [0.5, 0.6) is 0 Å². The lowest BCUT2D eigenvalue weighted by atomic mass is 10.1. The summed E-state index contributed by atoms with van der Waals surface area (Å²) < 4.78 is 6.91. The minimum Gasteiger partial charge on any atom is -0.449 e. The summed E-state index contributed by atoms with van der Waals surface area (Å²) in [5, 5.41) is 6.49. The smallest absolute Gasteiger partial charge is 0.342 e. The third-order valence-corrected chi connectivity index (χ3v) is 4.67. The fourth-order valence-corrected chi connectivity index (χ4v) is 2.96. The number of aryl methyl sites for hydroxylation is 2. The van der Waals surface area contributed by atoms with Crippen LogP contribution in [-0.2, 0) is 16.1 Å². The van der Waals surface area contributed by atoms with Gasteiger partial charge in [0.2, 0.25) is 0 Å². The van der Waals surface area contributed by atoms with Crippen molar-refractivity contribution < 1.29 is 19.1 Å². The summed E-state index contributed by atoms with van der Waals surface area (Å²) in [7, 11) is 0. The van der Waals surface area contributed by atoms with Crippen molar-refractivity contribution in [1.82, 2.24) is 15.1 Å². The molecule has 0 aliphatic carbocycles. The first kappa shape index (κ1) is 21.8. The van der Waals surface area contributed by atoms with Crippen LogP contribution in [0.1, 0.15) is 34.0 Å². The summed E-state index contributed by atoms with van der Waals surface area (Å²) in [6.07, 6.45) is 0.391. The molecule has 3 rings (SSSR count). The number of ether oxygens (including phenoxy) is 1. The molecule has 0 radical (unpaired) electrons. The van der Waals surface area contributed by atoms with Gasteiger partial charge in [0.05, 0.1) is 6.54 Å². The largest absolute Gasteiger partial charge is 0.449 e. The van der Waals surface area contributed by atoms with E-state index in [4.69, 9.17) is 10.5 Å². The van der Waals surface area contributed by atoms with E-state index in [9.17, 15) is 14.4 Å². The average Bonchev–Trinajstić information content (AvgIpc) is 3.13. The van der Waals surface area contributed by atoms with E-state index >= 15 is 0 Å². The number of aromatic nitrogens is 2. The first-order valence-electron chi connectivity index (χ1n) is 9.74. The van der Waals surface area contributed by atoms with Gasteiger partial charge in [0.1, 0.15) is 11.3 Å². The van der Waals surface area contributed by atoms with Gasteiger partial charge in [0, 0.05) is 11.8 Å². The second-order valence-electron chi connectivity index (χ2n) is 7.34. The van der Waals surface area contributed by atoms with Gasteiger partial charge in [-0.15, -0.1) is 0 Å². The molecule has 3 amide bonds. The van der Waals surface area contributed by atoms with Crippen molar-refractivity contribution in [2.24, 2.45) is 5.73 Å². The number of hydrogen-bond acceptors (Lipinski definition) is 5. The van der Waals surface area contributed by atoms with Crippen LogP contribution in [0.2, 0.25) is 0 Å². The van der Waals surface area contributed by atoms with Gasteiger partial charge in [0.25, 0.3) is 5.91 Å². The molecule has 31 heavy (non-hydrogen) atoms. The Labute approximate surface area is 180 Å². The monoisotopic (exact) mass is 420 g/mol. The van der Waals surface area contributed by atoms with Gasteiger partial charge in [-0.1, -0.05) is 59.7 Å². The van der Waals surface area contributed by atoms with Gasteiger partial charge in [-0.05, 0) is 26.3 Å².